The number of fused-ring (bicyclic) bond motifs is 1. The molecular formula is C22H21N3O6. The van der Waals surface area contributed by atoms with Crippen molar-refractivity contribution in [2.45, 2.75) is 6.54 Å². The van der Waals surface area contributed by atoms with Gasteiger partial charge < -0.3 is 24.3 Å². The van der Waals surface area contributed by atoms with Crippen molar-refractivity contribution in [1.82, 2.24) is 15.1 Å². The maximum atomic E-state index is 12.1. The molecule has 9 nitrogen and oxygen atoms in total. The standard InChI is InChI=1S/C22H21N3O6/c1-28-16-4-2-15(3-5-16)18-7-9-22(27)25(24-18)11-10-23-21(26)13-29-17-6-8-19-20(12-17)31-14-30-19/h2-9,12H,10-11,13-14H2,1H3,(H,23,26). The van der Waals surface area contributed by atoms with Crippen molar-refractivity contribution in [2.75, 3.05) is 27.1 Å². The van der Waals surface area contributed by atoms with Gasteiger partial charge in [0.2, 0.25) is 6.79 Å². The van der Waals surface area contributed by atoms with E-state index < -0.39 is 0 Å². The molecule has 0 saturated carbocycles. The summed E-state index contributed by atoms with van der Waals surface area (Å²) >= 11 is 0. The number of amides is 1. The van der Waals surface area contributed by atoms with Gasteiger partial charge in [-0.25, -0.2) is 4.68 Å². The molecule has 160 valence electrons. The smallest absolute Gasteiger partial charge is 0.266 e. The van der Waals surface area contributed by atoms with Gasteiger partial charge in [0, 0.05) is 24.2 Å². The molecule has 31 heavy (non-hydrogen) atoms. The van der Waals surface area contributed by atoms with Crippen molar-refractivity contribution in [1.29, 1.82) is 0 Å². The molecule has 0 spiro atoms. The van der Waals surface area contributed by atoms with Crippen LogP contribution in [-0.2, 0) is 11.3 Å². The second-order valence-electron chi connectivity index (χ2n) is 6.66. The predicted octanol–water partition coefficient (Wildman–Crippen LogP) is 1.84. The van der Waals surface area contributed by atoms with Crippen LogP contribution in [0.15, 0.2) is 59.4 Å². The van der Waals surface area contributed by atoms with E-state index in [4.69, 9.17) is 18.9 Å². The summed E-state index contributed by atoms with van der Waals surface area (Å²) in [4.78, 5) is 24.2. The fraction of sp³-hybridized carbons (Fsp3) is 0.227. The molecule has 1 aliphatic heterocycles. The van der Waals surface area contributed by atoms with Gasteiger partial charge in [-0.3, -0.25) is 9.59 Å². The first kappa shape index (κ1) is 20.3. The molecule has 2 heterocycles. The highest BCUT2D eigenvalue weighted by Gasteiger charge is 2.14. The van der Waals surface area contributed by atoms with Crippen LogP contribution in [0, 0.1) is 0 Å². The second-order valence-corrected chi connectivity index (χ2v) is 6.66. The number of carbonyl (C=O) groups excluding carboxylic acids is 1. The summed E-state index contributed by atoms with van der Waals surface area (Å²) in [6, 6.07) is 15.6. The first-order chi connectivity index (χ1) is 15.1. The van der Waals surface area contributed by atoms with E-state index in [1.54, 1.807) is 31.4 Å². The molecule has 1 aliphatic rings. The van der Waals surface area contributed by atoms with Crippen molar-refractivity contribution < 1.29 is 23.7 Å². The molecule has 0 radical (unpaired) electrons. The van der Waals surface area contributed by atoms with E-state index in [-0.39, 0.29) is 38.0 Å². The Morgan fingerprint density at radius 1 is 1.06 bits per heavy atom. The van der Waals surface area contributed by atoms with Crippen molar-refractivity contribution in [3.8, 4) is 34.3 Å². The number of hydrogen-bond donors (Lipinski definition) is 1. The highest BCUT2D eigenvalue weighted by Crippen LogP contribution is 2.35. The molecule has 2 aromatic carbocycles. The zero-order chi connectivity index (χ0) is 21.6. The lowest BCUT2D eigenvalue weighted by Gasteiger charge is -2.10. The van der Waals surface area contributed by atoms with E-state index in [1.807, 2.05) is 24.3 Å². The summed E-state index contributed by atoms with van der Waals surface area (Å²) in [5, 5.41) is 7.10. The number of benzene rings is 2. The Labute approximate surface area is 178 Å². The molecule has 9 heteroatoms. The largest absolute Gasteiger partial charge is 0.497 e. The quantitative estimate of drug-likeness (QED) is 0.590. The van der Waals surface area contributed by atoms with Crippen molar-refractivity contribution >= 4 is 5.91 Å². The van der Waals surface area contributed by atoms with Crippen molar-refractivity contribution in [3.63, 3.8) is 0 Å². The lowest BCUT2D eigenvalue weighted by atomic mass is 10.1. The number of rotatable bonds is 8. The number of nitrogens with zero attached hydrogens (tertiary/aromatic N) is 2. The highest BCUT2D eigenvalue weighted by molar-refractivity contribution is 5.77. The van der Waals surface area contributed by atoms with E-state index in [0.29, 0.717) is 22.9 Å². The predicted molar refractivity (Wildman–Crippen MR) is 112 cm³/mol. The van der Waals surface area contributed by atoms with Gasteiger partial charge in [-0.15, -0.1) is 0 Å². The van der Waals surface area contributed by atoms with Gasteiger partial charge in [0.05, 0.1) is 19.3 Å². The zero-order valence-electron chi connectivity index (χ0n) is 16.9. The molecule has 1 amide bonds. The molecule has 0 aliphatic carbocycles. The maximum Gasteiger partial charge on any atom is 0.266 e. The first-order valence-corrected chi connectivity index (χ1v) is 9.64. The fourth-order valence-corrected chi connectivity index (χ4v) is 2.99. The Morgan fingerprint density at radius 3 is 2.65 bits per heavy atom. The average molecular weight is 423 g/mol. The van der Waals surface area contributed by atoms with Gasteiger partial charge in [0.1, 0.15) is 11.5 Å². The van der Waals surface area contributed by atoms with E-state index in [9.17, 15) is 9.59 Å². The highest BCUT2D eigenvalue weighted by atomic mass is 16.7. The van der Waals surface area contributed by atoms with E-state index >= 15 is 0 Å². The SMILES string of the molecule is COc1ccc(-c2ccc(=O)n(CCNC(=O)COc3ccc4c(c3)OCO4)n2)cc1. The summed E-state index contributed by atoms with van der Waals surface area (Å²) in [5.74, 6) is 2.16. The van der Waals surface area contributed by atoms with Crippen LogP contribution in [0.25, 0.3) is 11.3 Å². The van der Waals surface area contributed by atoms with Crippen LogP contribution >= 0.6 is 0 Å². The lowest BCUT2D eigenvalue weighted by Crippen LogP contribution is -2.34. The minimum Gasteiger partial charge on any atom is -0.497 e. The van der Waals surface area contributed by atoms with Crippen LogP contribution in [-0.4, -0.2) is 42.7 Å². The van der Waals surface area contributed by atoms with E-state index in [2.05, 4.69) is 10.4 Å². The molecule has 1 aromatic heterocycles. The third-order valence-corrected chi connectivity index (χ3v) is 4.61. The molecule has 0 unspecified atom stereocenters. The van der Waals surface area contributed by atoms with Crippen LogP contribution in [0.1, 0.15) is 0 Å². The fourth-order valence-electron chi connectivity index (χ4n) is 2.99. The Hall–Kier alpha value is -4.01. The number of methoxy groups -OCH3 is 1. The molecule has 0 bridgehead atoms. The first-order valence-electron chi connectivity index (χ1n) is 9.64. The number of nitrogens with one attached hydrogen (secondary N) is 1. The number of aromatic nitrogens is 2. The minimum atomic E-state index is -0.308. The topological polar surface area (TPSA) is 101 Å². The Balaban J connectivity index is 1.29. The van der Waals surface area contributed by atoms with Gasteiger partial charge in [0.25, 0.3) is 11.5 Å². The lowest BCUT2D eigenvalue weighted by molar-refractivity contribution is -0.123. The van der Waals surface area contributed by atoms with E-state index in [1.165, 1.54) is 10.7 Å². The maximum absolute atomic E-state index is 12.1. The van der Waals surface area contributed by atoms with Crippen LogP contribution in [0.2, 0.25) is 0 Å². The Bertz CT molecular complexity index is 1130. The van der Waals surface area contributed by atoms with Gasteiger partial charge in [0.15, 0.2) is 18.1 Å². The van der Waals surface area contributed by atoms with Crippen LogP contribution in [0.5, 0.6) is 23.0 Å². The molecule has 0 atom stereocenters. The summed E-state index contributed by atoms with van der Waals surface area (Å²) in [7, 11) is 1.60. The Morgan fingerprint density at radius 2 is 1.84 bits per heavy atom. The average Bonchev–Trinajstić information content (AvgIpc) is 3.27. The van der Waals surface area contributed by atoms with Crippen molar-refractivity contribution in [3.05, 3.63) is 65.0 Å². The van der Waals surface area contributed by atoms with Gasteiger partial charge >= 0.3 is 0 Å². The van der Waals surface area contributed by atoms with Crippen molar-refractivity contribution in [2.24, 2.45) is 0 Å². The number of carbonyl (C=O) groups is 1. The van der Waals surface area contributed by atoms with Crippen LogP contribution in [0.3, 0.4) is 0 Å². The normalized spacial score (nSPS) is 11.8. The number of ether oxygens (including phenoxy) is 4. The van der Waals surface area contributed by atoms with Crippen LogP contribution in [0.4, 0.5) is 0 Å². The molecule has 0 fully saturated rings. The summed E-state index contributed by atoms with van der Waals surface area (Å²) in [6.45, 7) is 0.487. The second kappa shape index (κ2) is 9.21. The number of hydrogen-bond acceptors (Lipinski definition) is 7. The summed E-state index contributed by atoms with van der Waals surface area (Å²) < 4.78 is 22.5. The zero-order valence-corrected chi connectivity index (χ0v) is 16.9. The molecular weight excluding hydrogens is 402 g/mol. The third-order valence-electron chi connectivity index (χ3n) is 4.61. The van der Waals surface area contributed by atoms with Gasteiger partial charge in [-0.1, -0.05) is 0 Å². The van der Waals surface area contributed by atoms with Gasteiger partial charge in [-0.2, -0.15) is 5.10 Å². The van der Waals surface area contributed by atoms with Gasteiger partial charge in [-0.05, 0) is 42.5 Å². The molecule has 3 aromatic rings. The summed E-state index contributed by atoms with van der Waals surface area (Å²) in [6.07, 6.45) is 0. The third kappa shape index (κ3) is 4.95. The Kier molecular flexibility index (Phi) is 6.02. The van der Waals surface area contributed by atoms with Crippen LogP contribution < -0.4 is 29.8 Å². The molecule has 1 N–H and O–H groups in total. The molecule has 0 saturated heterocycles. The van der Waals surface area contributed by atoms with E-state index in [0.717, 1.165) is 11.3 Å². The summed E-state index contributed by atoms with van der Waals surface area (Å²) in [5.41, 5.74) is 1.26. The minimum absolute atomic E-state index is 0.159. The monoisotopic (exact) mass is 423 g/mol. The molecule has 4 rings (SSSR count).